The molecule has 1 aromatic heterocycles. The number of carbonyl (C=O) groups is 2. The monoisotopic (exact) mass is 253 g/mol. The summed E-state index contributed by atoms with van der Waals surface area (Å²) in [5.41, 5.74) is 0.484. The molecule has 98 valence electrons. The van der Waals surface area contributed by atoms with Crippen molar-refractivity contribution in [1.29, 1.82) is 0 Å². The van der Waals surface area contributed by atoms with Gasteiger partial charge in [0.1, 0.15) is 12.0 Å². The molecule has 0 bridgehead atoms. The van der Waals surface area contributed by atoms with Gasteiger partial charge in [-0.3, -0.25) is 4.79 Å². The summed E-state index contributed by atoms with van der Waals surface area (Å²) in [6, 6.07) is 1.67. The molecule has 1 fully saturated rings. The van der Waals surface area contributed by atoms with E-state index < -0.39 is 12.1 Å². The largest absolute Gasteiger partial charge is 0.469 e. The van der Waals surface area contributed by atoms with Gasteiger partial charge < -0.3 is 18.8 Å². The molecule has 18 heavy (non-hydrogen) atoms. The number of furan rings is 1. The molecular formula is C12H15NO5. The van der Waals surface area contributed by atoms with Crippen LogP contribution in [0.4, 0.5) is 0 Å². The summed E-state index contributed by atoms with van der Waals surface area (Å²) in [6.45, 7) is 2.75. The smallest absolute Gasteiger partial charge is 0.336 e. The van der Waals surface area contributed by atoms with E-state index in [2.05, 4.69) is 4.74 Å². The topological polar surface area (TPSA) is 69.0 Å². The van der Waals surface area contributed by atoms with E-state index in [0.29, 0.717) is 24.5 Å². The van der Waals surface area contributed by atoms with Crippen LogP contribution in [0.15, 0.2) is 16.7 Å². The number of rotatable bonds is 2. The first-order valence-corrected chi connectivity index (χ1v) is 5.65. The first-order valence-electron chi connectivity index (χ1n) is 5.65. The number of carbonyl (C=O) groups excluding carboxylic acids is 2. The maximum absolute atomic E-state index is 12.1. The Morgan fingerprint density at radius 1 is 1.50 bits per heavy atom. The molecule has 0 saturated carbocycles. The zero-order valence-electron chi connectivity index (χ0n) is 10.3. The van der Waals surface area contributed by atoms with Gasteiger partial charge in [-0.25, -0.2) is 4.79 Å². The van der Waals surface area contributed by atoms with Gasteiger partial charge in [0, 0.05) is 6.54 Å². The molecule has 1 aromatic rings. The molecule has 0 N–H and O–H groups in total. The molecule has 2 rings (SSSR count). The third-order valence-electron chi connectivity index (χ3n) is 2.80. The number of morpholine rings is 1. The van der Waals surface area contributed by atoms with Crippen molar-refractivity contribution in [3.05, 3.63) is 23.7 Å². The SMILES string of the molecule is COC(=O)C1CN(C(=O)c2coc(C)c2)CCO1. The van der Waals surface area contributed by atoms with Crippen LogP contribution >= 0.6 is 0 Å². The van der Waals surface area contributed by atoms with Gasteiger partial charge in [0.05, 0.1) is 25.8 Å². The highest BCUT2D eigenvalue weighted by Gasteiger charge is 2.30. The van der Waals surface area contributed by atoms with Crippen LogP contribution in [-0.4, -0.2) is 49.7 Å². The molecule has 1 atom stereocenters. The summed E-state index contributed by atoms with van der Waals surface area (Å²) in [6.07, 6.45) is 0.709. The maximum atomic E-state index is 12.1. The summed E-state index contributed by atoms with van der Waals surface area (Å²) in [4.78, 5) is 25.1. The fourth-order valence-corrected chi connectivity index (χ4v) is 1.85. The predicted octanol–water partition coefficient (Wildman–Crippen LogP) is 0.602. The molecule has 2 heterocycles. The van der Waals surface area contributed by atoms with E-state index in [1.54, 1.807) is 17.9 Å². The van der Waals surface area contributed by atoms with Crippen molar-refractivity contribution in [3.8, 4) is 0 Å². The lowest BCUT2D eigenvalue weighted by Gasteiger charge is -2.31. The average molecular weight is 253 g/mol. The van der Waals surface area contributed by atoms with Crippen LogP contribution in [-0.2, 0) is 14.3 Å². The minimum Gasteiger partial charge on any atom is -0.469 e. The van der Waals surface area contributed by atoms with E-state index in [9.17, 15) is 9.59 Å². The van der Waals surface area contributed by atoms with E-state index >= 15 is 0 Å². The van der Waals surface area contributed by atoms with Gasteiger partial charge in [0.2, 0.25) is 0 Å². The Kier molecular flexibility index (Phi) is 3.66. The van der Waals surface area contributed by atoms with Gasteiger partial charge in [0.25, 0.3) is 5.91 Å². The van der Waals surface area contributed by atoms with Crippen molar-refractivity contribution in [2.24, 2.45) is 0 Å². The van der Waals surface area contributed by atoms with E-state index in [1.807, 2.05) is 0 Å². The van der Waals surface area contributed by atoms with Crippen molar-refractivity contribution in [2.75, 3.05) is 26.8 Å². The number of esters is 1. The molecular weight excluding hydrogens is 238 g/mol. The van der Waals surface area contributed by atoms with Crippen molar-refractivity contribution >= 4 is 11.9 Å². The molecule has 0 radical (unpaired) electrons. The summed E-state index contributed by atoms with van der Waals surface area (Å²) >= 11 is 0. The Bertz CT molecular complexity index is 453. The zero-order chi connectivity index (χ0) is 13.1. The molecule has 0 spiro atoms. The number of methoxy groups -OCH3 is 1. The highest BCUT2D eigenvalue weighted by atomic mass is 16.6. The van der Waals surface area contributed by atoms with Crippen LogP contribution in [0.2, 0.25) is 0 Å². The third kappa shape index (κ3) is 2.53. The second-order valence-electron chi connectivity index (χ2n) is 4.08. The lowest BCUT2D eigenvalue weighted by Crippen LogP contribution is -2.48. The number of nitrogens with zero attached hydrogens (tertiary/aromatic N) is 1. The number of aryl methyl sites for hydroxylation is 1. The molecule has 6 heteroatoms. The van der Waals surface area contributed by atoms with Gasteiger partial charge in [0.15, 0.2) is 6.10 Å². The molecule has 1 aliphatic heterocycles. The van der Waals surface area contributed by atoms with Crippen molar-refractivity contribution in [3.63, 3.8) is 0 Å². The summed E-state index contributed by atoms with van der Waals surface area (Å²) in [5, 5.41) is 0. The van der Waals surface area contributed by atoms with Gasteiger partial charge >= 0.3 is 5.97 Å². The normalized spacial score (nSPS) is 19.7. The third-order valence-corrected chi connectivity index (χ3v) is 2.80. The Morgan fingerprint density at radius 3 is 2.89 bits per heavy atom. The van der Waals surface area contributed by atoms with Crippen LogP contribution in [0.25, 0.3) is 0 Å². The van der Waals surface area contributed by atoms with Crippen LogP contribution < -0.4 is 0 Å². The molecule has 0 aromatic carbocycles. The Balaban J connectivity index is 2.05. The molecule has 1 saturated heterocycles. The first kappa shape index (κ1) is 12.6. The standard InChI is InChI=1S/C12H15NO5/c1-8-5-9(7-18-8)11(14)13-3-4-17-10(6-13)12(15)16-2/h5,7,10H,3-4,6H2,1-2H3. The minimum atomic E-state index is -0.708. The zero-order valence-corrected chi connectivity index (χ0v) is 10.3. The summed E-state index contributed by atoms with van der Waals surface area (Å²) in [5.74, 6) is 0.0519. The molecule has 1 aliphatic rings. The van der Waals surface area contributed by atoms with Crippen LogP contribution in [0.3, 0.4) is 0 Å². The summed E-state index contributed by atoms with van der Waals surface area (Å²) < 4.78 is 15.0. The highest BCUT2D eigenvalue weighted by Crippen LogP contribution is 2.13. The van der Waals surface area contributed by atoms with Crippen LogP contribution in [0.5, 0.6) is 0 Å². The Morgan fingerprint density at radius 2 is 2.28 bits per heavy atom. The highest BCUT2D eigenvalue weighted by molar-refractivity contribution is 5.94. The van der Waals surface area contributed by atoms with Crippen LogP contribution in [0, 0.1) is 6.92 Å². The van der Waals surface area contributed by atoms with Crippen molar-refractivity contribution < 1.29 is 23.5 Å². The van der Waals surface area contributed by atoms with Crippen molar-refractivity contribution in [2.45, 2.75) is 13.0 Å². The predicted molar refractivity (Wildman–Crippen MR) is 61.1 cm³/mol. The number of hydrogen-bond donors (Lipinski definition) is 0. The van der Waals surface area contributed by atoms with E-state index in [1.165, 1.54) is 13.4 Å². The lowest BCUT2D eigenvalue weighted by molar-refractivity contribution is -0.158. The molecule has 0 aliphatic carbocycles. The van der Waals surface area contributed by atoms with Gasteiger partial charge in [-0.15, -0.1) is 0 Å². The minimum absolute atomic E-state index is 0.163. The van der Waals surface area contributed by atoms with E-state index in [-0.39, 0.29) is 12.5 Å². The molecule has 1 unspecified atom stereocenters. The van der Waals surface area contributed by atoms with Crippen LogP contribution in [0.1, 0.15) is 16.1 Å². The molecule has 1 amide bonds. The van der Waals surface area contributed by atoms with E-state index in [0.717, 1.165) is 0 Å². The average Bonchev–Trinajstić information content (AvgIpc) is 2.83. The first-order chi connectivity index (χ1) is 8.61. The summed E-state index contributed by atoms with van der Waals surface area (Å²) in [7, 11) is 1.30. The van der Waals surface area contributed by atoms with Gasteiger partial charge in [-0.05, 0) is 13.0 Å². The van der Waals surface area contributed by atoms with Crippen molar-refractivity contribution in [1.82, 2.24) is 4.90 Å². The quantitative estimate of drug-likeness (QED) is 0.722. The maximum Gasteiger partial charge on any atom is 0.336 e. The molecule has 6 nitrogen and oxygen atoms in total. The fraction of sp³-hybridized carbons (Fsp3) is 0.500. The second-order valence-corrected chi connectivity index (χ2v) is 4.08. The van der Waals surface area contributed by atoms with Gasteiger partial charge in [-0.1, -0.05) is 0 Å². The number of hydrogen-bond acceptors (Lipinski definition) is 5. The lowest BCUT2D eigenvalue weighted by atomic mass is 10.2. The van der Waals surface area contributed by atoms with Gasteiger partial charge in [-0.2, -0.15) is 0 Å². The fourth-order valence-electron chi connectivity index (χ4n) is 1.85. The second kappa shape index (κ2) is 5.22. The number of ether oxygens (including phenoxy) is 2. The Labute approximate surface area is 104 Å². The van der Waals surface area contributed by atoms with E-state index in [4.69, 9.17) is 9.15 Å². The number of amides is 1. The Hall–Kier alpha value is -1.82.